The largest absolute Gasteiger partial charge is 0.326 e. The van der Waals surface area contributed by atoms with Crippen molar-refractivity contribution in [1.29, 1.82) is 0 Å². The van der Waals surface area contributed by atoms with Crippen LogP contribution < -0.4 is 5.73 Å². The van der Waals surface area contributed by atoms with Gasteiger partial charge in [0.2, 0.25) is 0 Å². The Labute approximate surface area is 87.8 Å². The second kappa shape index (κ2) is 4.63. The number of hydrogen-bond donors (Lipinski definition) is 1. The van der Waals surface area contributed by atoms with Crippen LogP contribution in [0.25, 0.3) is 0 Å². The molecule has 0 bridgehead atoms. The van der Waals surface area contributed by atoms with E-state index in [9.17, 15) is 0 Å². The lowest BCUT2D eigenvalue weighted by Gasteiger charge is -2.23. The van der Waals surface area contributed by atoms with Gasteiger partial charge in [0.1, 0.15) is 0 Å². The maximum absolute atomic E-state index is 6.15. The Hall–Kier alpha value is -0.0800. The highest BCUT2D eigenvalue weighted by atomic mass is 15.1. The Balaban J connectivity index is 1.73. The van der Waals surface area contributed by atoms with Gasteiger partial charge in [-0.3, -0.25) is 0 Å². The van der Waals surface area contributed by atoms with Crippen molar-refractivity contribution >= 4 is 0 Å². The molecule has 2 unspecified atom stereocenters. The molecule has 0 aromatic heterocycles. The van der Waals surface area contributed by atoms with Crippen molar-refractivity contribution < 1.29 is 0 Å². The minimum absolute atomic E-state index is 0.461. The van der Waals surface area contributed by atoms with E-state index in [1.54, 1.807) is 0 Å². The van der Waals surface area contributed by atoms with E-state index in [0.717, 1.165) is 18.4 Å². The summed E-state index contributed by atoms with van der Waals surface area (Å²) in [4.78, 5) is 2.59. The minimum Gasteiger partial charge on any atom is -0.326 e. The van der Waals surface area contributed by atoms with Crippen molar-refractivity contribution in [3.63, 3.8) is 0 Å². The van der Waals surface area contributed by atoms with Gasteiger partial charge in [0.25, 0.3) is 0 Å². The molecule has 2 nitrogen and oxygen atoms in total. The molecular weight excluding hydrogens is 172 g/mol. The molecule has 2 rings (SSSR count). The maximum atomic E-state index is 6.15. The molecule has 2 fully saturated rings. The van der Waals surface area contributed by atoms with Crippen LogP contribution in [0.5, 0.6) is 0 Å². The monoisotopic (exact) mass is 196 g/mol. The average Bonchev–Trinajstić information content (AvgIpc) is 2.94. The summed E-state index contributed by atoms with van der Waals surface area (Å²) >= 11 is 0. The number of likely N-dealkylation sites (tertiary alicyclic amines) is 1. The lowest BCUT2D eigenvalue weighted by atomic mass is 10.0. The zero-order valence-electron chi connectivity index (χ0n) is 9.41. The van der Waals surface area contributed by atoms with Crippen LogP contribution in [-0.4, -0.2) is 30.6 Å². The summed E-state index contributed by atoms with van der Waals surface area (Å²) in [6, 6.07) is 0.461. The number of nitrogens with zero attached hydrogens (tertiary/aromatic N) is 1. The molecule has 1 aliphatic heterocycles. The smallest absolute Gasteiger partial charge is 0.0196 e. The SMILES string of the molecule is CC1CCCN(CC(N)C2CC2)CC1. The summed E-state index contributed by atoms with van der Waals surface area (Å²) in [5.41, 5.74) is 6.15. The molecule has 1 aliphatic carbocycles. The first kappa shape index (κ1) is 10.4. The molecule has 14 heavy (non-hydrogen) atoms. The summed E-state index contributed by atoms with van der Waals surface area (Å²) in [6.07, 6.45) is 6.92. The molecular formula is C12H24N2. The van der Waals surface area contributed by atoms with Gasteiger partial charge in [-0.05, 0) is 57.0 Å². The van der Waals surface area contributed by atoms with Crippen LogP contribution in [0.3, 0.4) is 0 Å². The van der Waals surface area contributed by atoms with Crippen LogP contribution in [0.2, 0.25) is 0 Å². The summed E-state index contributed by atoms with van der Waals surface area (Å²) in [5, 5.41) is 0. The predicted octanol–water partition coefficient (Wildman–Crippen LogP) is 1.85. The minimum atomic E-state index is 0.461. The molecule has 1 heterocycles. The van der Waals surface area contributed by atoms with E-state index in [1.807, 2.05) is 0 Å². The summed E-state index contributed by atoms with van der Waals surface area (Å²) in [5.74, 6) is 1.79. The molecule has 1 saturated heterocycles. The third kappa shape index (κ3) is 2.96. The first-order valence-corrected chi connectivity index (χ1v) is 6.23. The first-order valence-electron chi connectivity index (χ1n) is 6.23. The van der Waals surface area contributed by atoms with Crippen LogP contribution in [-0.2, 0) is 0 Å². The molecule has 0 aromatic rings. The maximum Gasteiger partial charge on any atom is 0.0196 e. The van der Waals surface area contributed by atoms with Crippen molar-refractivity contribution in [2.75, 3.05) is 19.6 Å². The van der Waals surface area contributed by atoms with Crippen molar-refractivity contribution in [2.24, 2.45) is 17.6 Å². The van der Waals surface area contributed by atoms with E-state index in [0.29, 0.717) is 6.04 Å². The highest BCUT2D eigenvalue weighted by molar-refractivity contribution is 4.86. The van der Waals surface area contributed by atoms with Crippen molar-refractivity contribution in [1.82, 2.24) is 4.90 Å². The number of rotatable bonds is 3. The molecule has 0 aromatic carbocycles. The molecule has 0 radical (unpaired) electrons. The van der Waals surface area contributed by atoms with Gasteiger partial charge in [-0.25, -0.2) is 0 Å². The second-order valence-corrected chi connectivity index (χ2v) is 5.34. The van der Waals surface area contributed by atoms with Gasteiger partial charge >= 0.3 is 0 Å². The van der Waals surface area contributed by atoms with Gasteiger partial charge < -0.3 is 10.6 Å². The molecule has 2 aliphatic rings. The first-order chi connectivity index (χ1) is 6.75. The van der Waals surface area contributed by atoms with Crippen LogP contribution in [0.15, 0.2) is 0 Å². The Bertz CT molecular complexity index is 177. The Morgan fingerprint density at radius 2 is 2.00 bits per heavy atom. The van der Waals surface area contributed by atoms with Gasteiger partial charge in [0, 0.05) is 12.6 Å². The number of hydrogen-bond acceptors (Lipinski definition) is 2. The summed E-state index contributed by atoms with van der Waals surface area (Å²) < 4.78 is 0. The molecule has 2 N–H and O–H groups in total. The van der Waals surface area contributed by atoms with Crippen molar-refractivity contribution in [3.05, 3.63) is 0 Å². The Morgan fingerprint density at radius 3 is 2.71 bits per heavy atom. The molecule has 2 atom stereocenters. The summed E-state index contributed by atoms with van der Waals surface area (Å²) in [6.45, 7) is 6.09. The average molecular weight is 196 g/mol. The van der Waals surface area contributed by atoms with E-state index < -0.39 is 0 Å². The second-order valence-electron chi connectivity index (χ2n) is 5.34. The number of nitrogens with two attached hydrogens (primary N) is 1. The van der Waals surface area contributed by atoms with Gasteiger partial charge in [0.15, 0.2) is 0 Å². The quantitative estimate of drug-likeness (QED) is 0.746. The van der Waals surface area contributed by atoms with E-state index in [-0.39, 0.29) is 0 Å². The fourth-order valence-electron chi connectivity index (χ4n) is 2.48. The zero-order valence-corrected chi connectivity index (χ0v) is 9.41. The topological polar surface area (TPSA) is 29.3 Å². The third-order valence-corrected chi connectivity index (χ3v) is 3.81. The fraction of sp³-hybridized carbons (Fsp3) is 1.00. The van der Waals surface area contributed by atoms with Gasteiger partial charge in [-0.2, -0.15) is 0 Å². The third-order valence-electron chi connectivity index (χ3n) is 3.81. The van der Waals surface area contributed by atoms with Crippen molar-refractivity contribution in [3.8, 4) is 0 Å². The predicted molar refractivity (Wildman–Crippen MR) is 60.2 cm³/mol. The Morgan fingerprint density at radius 1 is 1.21 bits per heavy atom. The highest BCUT2D eigenvalue weighted by Crippen LogP contribution is 2.32. The van der Waals surface area contributed by atoms with E-state index >= 15 is 0 Å². The van der Waals surface area contributed by atoms with Crippen LogP contribution in [0, 0.1) is 11.8 Å². The Kier molecular flexibility index (Phi) is 3.45. The van der Waals surface area contributed by atoms with Gasteiger partial charge in [0.05, 0.1) is 0 Å². The van der Waals surface area contributed by atoms with Crippen LogP contribution >= 0.6 is 0 Å². The van der Waals surface area contributed by atoms with Gasteiger partial charge in [-0.15, -0.1) is 0 Å². The van der Waals surface area contributed by atoms with E-state index in [4.69, 9.17) is 5.73 Å². The molecule has 82 valence electrons. The highest BCUT2D eigenvalue weighted by Gasteiger charge is 2.29. The standard InChI is InChI=1S/C12H24N2/c1-10-3-2-7-14(8-6-10)9-12(13)11-4-5-11/h10-12H,2-9,13H2,1H3. The van der Waals surface area contributed by atoms with E-state index in [2.05, 4.69) is 11.8 Å². The zero-order chi connectivity index (χ0) is 9.97. The van der Waals surface area contributed by atoms with Crippen LogP contribution in [0.4, 0.5) is 0 Å². The lowest BCUT2D eigenvalue weighted by Crippen LogP contribution is -2.39. The van der Waals surface area contributed by atoms with Gasteiger partial charge in [-0.1, -0.05) is 6.92 Å². The normalized spacial score (nSPS) is 32.6. The molecule has 2 heteroatoms. The van der Waals surface area contributed by atoms with Crippen LogP contribution in [0.1, 0.15) is 39.0 Å². The summed E-state index contributed by atoms with van der Waals surface area (Å²) in [7, 11) is 0. The lowest BCUT2D eigenvalue weighted by molar-refractivity contribution is 0.255. The van der Waals surface area contributed by atoms with E-state index in [1.165, 1.54) is 45.2 Å². The molecule has 0 spiro atoms. The fourth-order valence-corrected chi connectivity index (χ4v) is 2.48. The van der Waals surface area contributed by atoms with Crippen molar-refractivity contribution in [2.45, 2.75) is 45.1 Å². The molecule has 1 saturated carbocycles. The molecule has 0 amide bonds.